The number of halogens is 2. The summed E-state index contributed by atoms with van der Waals surface area (Å²) >= 11 is 0. The second-order valence-corrected chi connectivity index (χ2v) is 4.94. The SMILES string of the molecule is Fc1cccc(-c2cc(NC3CCNCC3)n[nH]2)c1F. The quantitative estimate of drug-likeness (QED) is 0.808. The molecule has 6 heteroatoms. The van der Waals surface area contributed by atoms with E-state index in [9.17, 15) is 8.78 Å². The molecule has 3 N–H and O–H groups in total. The van der Waals surface area contributed by atoms with E-state index in [2.05, 4.69) is 20.8 Å². The average Bonchev–Trinajstić information content (AvgIpc) is 2.91. The Bertz CT molecular complexity index is 591. The van der Waals surface area contributed by atoms with E-state index in [1.165, 1.54) is 12.1 Å². The summed E-state index contributed by atoms with van der Waals surface area (Å²) in [6.45, 7) is 1.96. The number of H-pyrrole nitrogens is 1. The van der Waals surface area contributed by atoms with E-state index in [0.29, 0.717) is 17.6 Å². The van der Waals surface area contributed by atoms with E-state index in [1.54, 1.807) is 6.07 Å². The monoisotopic (exact) mass is 278 g/mol. The minimum Gasteiger partial charge on any atom is -0.366 e. The van der Waals surface area contributed by atoms with Crippen LogP contribution in [0.25, 0.3) is 11.3 Å². The van der Waals surface area contributed by atoms with Crippen LogP contribution in [0.1, 0.15) is 12.8 Å². The van der Waals surface area contributed by atoms with Gasteiger partial charge in [-0.05, 0) is 38.1 Å². The van der Waals surface area contributed by atoms with Crippen molar-refractivity contribution in [2.75, 3.05) is 18.4 Å². The van der Waals surface area contributed by atoms with Gasteiger partial charge in [0.1, 0.15) is 5.82 Å². The van der Waals surface area contributed by atoms with E-state index >= 15 is 0 Å². The van der Waals surface area contributed by atoms with Gasteiger partial charge in [-0.1, -0.05) is 6.07 Å². The number of hydrogen-bond donors (Lipinski definition) is 3. The van der Waals surface area contributed by atoms with Crippen LogP contribution in [-0.4, -0.2) is 29.3 Å². The molecule has 4 nitrogen and oxygen atoms in total. The van der Waals surface area contributed by atoms with E-state index in [4.69, 9.17) is 0 Å². The number of nitrogens with one attached hydrogen (secondary N) is 3. The third-order valence-electron chi connectivity index (χ3n) is 3.51. The van der Waals surface area contributed by atoms with Gasteiger partial charge < -0.3 is 10.6 Å². The highest BCUT2D eigenvalue weighted by Gasteiger charge is 2.16. The molecule has 0 radical (unpaired) electrons. The standard InChI is InChI=1S/C14H16F2N4/c15-11-3-1-2-10(14(11)16)12-8-13(20-19-12)18-9-4-6-17-7-5-9/h1-3,8-9,17H,4-7H2,(H2,18,19,20). The Labute approximate surface area is 115 Å². The molecule has 106 valence electrons. The van der Waals surface area contributed by atoms with Gasteiger partial charge in [-0.3, -0.25) is 5.10 Å². The maximum Gasteiger partial charge on any atom is 0.168 e. The highest BCUT2D eigenvalue weighted by Crippen LogP contribution is 2.25. The van der Waals surface area contributed by atoms with Crippen molar-refractivity contribution in [2.24, 2.45) is 0 Å². The summed E-state index contributed by atoms with van der Waals surface area (Å²) in [5.41, 5.74) is 0.661. The lowest BCUT2D eigenvalue weighted by atomic mass is 10.1. The zero-order valence-electron chi connectivity index (χ0n) is 10.9. The summed E-state index contributed by atoms with van der Waals surface area (Å²) in [5, 5.41) is 13.4. The van der Waals surface area contributed by atoms with Crippen LogP contribution in [0.15, 0.2) is 24.3 Å². The first-order valence-electron chi connectivity index (χ1n) is 6.71. The Hall–Kier alpha value is -1.95. The normalized spacial score (nSPS) is 16.3. The molecular weight excluding hydrogens is 262 g/mol. The lowest BCUT2D eigenvalue weighted by molar-refractivity contribution is 0.478. The van der Waals surface area contributed by atoms with E-state index in [0.717, 1.165) is 32.0 Å². The van der Waals surface area contributed by atoms with Crippen molar-refractivity contribution in [3.8, 4) is 11.3 Å². The summed E-state index contributed by atoms with van der Waals surface area (Å²) in [4.78, 5) is 0. The summed E-state index contributed by atoms with van der Waals surface area (Å²) in [6.07, 6.45) is 2.05. The third kappa shape index (κ3) is 2.65. The highest BCUT2D eigenvalue weighted by molar-refractivity contribution is 5.63. The fraction of sp³-hybridized carbons (Fsp3) is 0.357. The Kier molecular flexibility index (Phi) is 3.64. The molecule has 0 atom stereocenters. The lowest BCUT2D eigenvalue weighted by Crippen LogP contribution is -2.35. The van der Waals surface area contributed by atoms with Crippen LogP contribution in [0, 0.1) is 11.6 Å². The van der Waals surface area contributed by atoms with E-state index < -0.39 is 11.6 Å². The van der Waals surface area contributed by atoms with Crippen molar-refractivity contribution in [3.63, 3.8) is 0 Å². The lowest BCUT2D eigenvalue weighted by Gasteiger charge is -2.23. The molecule has 0 amide bonds. The van der Waals surface area contributed by atoms with Crippen LogP contribution < -0.4 is 10.6 Å². The first kappa shape index (κ1) is 13.1. The molecule has 0 saturated carbocycles. The van der Waals surface area contributed by atoms with Crippen molar-refractivity contribution < 1.29 is 8.78 Å². The number of aromatic nitrogens is 2. The second kappa shape index (κ2) is 5.58. The number of rotatable bonds is 3. The third-order valence-corrected chi connectivity index (χ3v) is 3.51. The van der Waals surface area contributed by atoms with Gasteiger partial charge in [-0.25, -0.2) is 8.78 Å². The maximum absolute atomic E-state index is 13.7. The van der Waals surface area contributed by atoms with E-state index in [-0.39, 0.29) is 5.56 Å². The molecule has 0 unspecified atom stereocenters. The minimum atomic E-state index is -0.857. The molecule has 2 aromatic rings. The van der Waals surface area contributed by atoms with Gasteiger partial charge in [-0.15, -0.1) is 0 Å². The van der Waals surface area contributed by atoms with Crippen LogP contribution in [0.3, 0.4) is 0 Å². The zero-order chi connectivity index (χ0) is 13.9. The Morgan fingerprint density at radius 2 is 2.00 bits per heavy atom. The molecule has 3 rings (SSSR count). The summed E-state index contributed by atoms with van der Waals surface area (Å²) in [6, 6.07) is 6.18. The average molecular weight is 278 g/mol. The minimum absolute atomic E-state index is 0.191. The number of benzene rings is 1. The number of anilines is 1. The fourth-order valence-electron chi connectivity index (χ4n) is 2.42. The molecule has 2 heterocycles. The summed E-state index contributed by atoms with van der Waals surface area (Å²) in [7, 11) is 0. The van der Waals surface area contributed by atoms with Gasteiger partial charge in [0.25, 0.3) is 0 Å². The maximum atomic E-state index is 13.7. The van der Waals surface area contributed by atoms with Crippen LogP contribution in [0.2, 0.25) is 0 Å². The van der Waals surface area contributed by atoms with E-state index in [1.807, 2.05) is 0 Å². The largest absolute Gasteiger partial charge is 0.366 e. The van der Waals surface area contributed by atoms with Gasteiger partial charge in [0.2, 0.25) is 0 Å². The number of nitrogens with zero attached hydrogens (tertiary/aromatic N) is 1. The summed E-state index contributed by atoms with van der Waals surface area (Å²) < 4.78 is 26.9. The van der Waals surface area contributed by atoms with Gasteiger partial charge in [-0.2, -0.15) is 5.10 Å². The van der Waals surface area contributed by atoms with Gasteiger partial charge in [0.15, 0.2) is 11.6 Å². The molecule has 20 heavy (non-hydrogen) atoms. The number of hydrogen-bond acceptors (Lipinski definition) is 3. The number of piperidine rings is 1. The fourth-order valence-corrected chi connectivity index (χ4v) is 2.42. The molecule has 1 aliphatic heterocycles. The topological polar surface area (TPSA) is 52.7 Å². The van der Waals surface area contributed by atoms with Crippen LogP contribution >= 0.6 is 0 Å². The zero-order valence-corrected chi connectivity index (χ0v) is 10.9. The van der Waals surface area contributed by atoms with Crippen LogP contribution in [-0.2, 0) is 0 Å². The smallest absolute Gasteiger partial charge is 0.168 e. The molecule has 0 aliphatic carbocycles. The van der Waals surface area contributed by atoms with Gasteiger partial charge in [0, 0.05) is 17.7 Å². The molecule has 1 fully saturated rings. The summed E-state index contributed by atoms with van der Waals surface area (Å²) in [5.74, 6) is -1.05. The van der Waals surface area contributed by atoms with Crippen molar-refractivity contribution >= 4 is 5.82 Å². The first-order chi connectivity index (χ1) is 9.74. The van der Waals surface area contributed by atoms with Crippen LogP contribution in [0.4, 0.5) is 14.6 Å². The van der Waals surface area contributed by atoms with Gasteiger partial charge in [0.05, 0.1) is 5.69 Å². The molecular formula is C14H16F2N4. The molecule has 1 aromatic carbocycles. The van der Waals surface area contributed by atoms with Crippen molar-refractivity contribution in [1.82, 2.24) is 15.5 Å². The Balaban J connectivity index is 1.77. The number of aromatic amines is 1. The Morgan fingerprint density at radius 3 is 2.80 bits per heavy atom. The van der Waals surface area contributed by atoms with Crippen molar-refractivity contribution in [3.05, 3.63) is 35.9 Å². The van der Waals surface area contributed by atoms with Crippen molar-refractivity contribution in [1.29, 1.82) is 0 Å². The molecule has 0 bridgehead atoms. The first-order valence-corrected chi connectivity index (χ1v) is 6.71. The highest BCUT2D eigenvalue weighted by atomic mass is 19.2. The molecule has 0 spiro atoms. The molecule has 1 aromatic heterocycles. The van der Waals surface area contributed by atoms with Crippen molar-refractivity contribution in [2.45, 2.75) is 18.9 Å². The predicted octanol–water partition coefficient (Wildman–Crippen LogP) is 2.52. The second-order valence-electron chi connectivity index (χ2n) is 4.94. The molecule has 1 saturated heterocycles. The predicted molar refractivity (Wildman–Crippen MR) is 73.5 cm³/mol. The Morgan fingerprint density at radius 1 is 1.20 bits per heavy atom. The van der Waals surface area contributed by atoms with Crippen LogP contribution in [0.5, 0.6) is 0 Å². The molecule has 1 aliphatic rings. The van der Waals surface area contributed by atoms with Gasteiger partial charge >= 0.3 is 0 Å².